The van der Waals surface area contributed by atoms with Crippen LogP contribution in [0.3, 0.4) is 0 Å². The van der Waals surface area contributed by atoms with Crippen LogP contribution in [0.2, 0.25) is 5.02 Å². The van der Waals surface area contributed by atoms with E-state index in [0.29, 0.717) is 27.6 Å². The maximum Gasteiger partial charge on any atom is 0.343 e. The van der Waals surface area contributed by atoms with Crippen LogP contribution in [0, 0.1) is 6.92 Å². The molecule has 218 valence electrons. The molecule has 0 saturated heterocycles. The zero-order chi connectivity index (χ0) is 30.0. The van der Waals surface area contributed by atoms with E-state index in [1.165, 1.54) is 20.3 Å². The van der Waals surface area contributed by atoms with Gasteiger partial charge in [-0.2, -0.15) is 0 Å². The first-order valence-electron chi connectivity index (χ1n) is 12.8. The van der Waals surface area contributed by atoms with Crippen LogP contribution in [0.25, 0.3) is 0 Å². The smallest absolute Gasteiger partial charge is 0.343 e. The molecule has 0 bridgehead atoms. The molecule has 0 fully saturated rings. The van der Waals surface area contributed by atoms with Crippen LogP contribution in [0.5, 0.6) is 34.6 Å². The first kappa shape index (κ1) is 29.0. The van der Waals surface area contributed by atoms with Crippen molar-refractivity contribution in [3.05, 3.63) is 90.4 Å². The van der Waals surface area contributed by atoms with Gasteiger partial charge in [-0.1, -0.05) is 41.1 Å². The summed E-state index contributed by atoms with van der Waals surface area (Å²) in [7, 11) is 2.80. The van der Waals surface area contributed by atoms with Gasteiger partial charge >= 0.3 is 10.8 Å². The van der Waals surface area contributed by atoms with Crippen LogP contribution in [-0.4, -0.2) is 48.8 Å². The van der Waals surface area contributed by atoms with E-state index in [1.807, 2.05) is 12.1 Å². The Balaban J connectivity index is 1.33. The molecule has 1 aliphatic rings. The normalized spacial score (nSPS) is 14.1. The van der Waals surface area contributed by atoms with Gasteiger partial charge in [0.05, 0.1) is 36.6 Å². The van der Waals surface area contributed by atoms with Crippen LogP contribution in [0.4, 0.5) is 0 Å². The number of thiazole rings is 1. The number of nitrogens with one attached hydrogen (secondary N) is 1. The highest BCUT2D eigenvalue weighted by Crippen LogP contribution is 2.51. The number of aromatic nitrogens is 1. The molecule has 0 radical (unpaired) electrons. The Kier molecular flexibility index (Phi) is 8.41. The van der Waals surface area contributed by atoms with E-state index in [0.717, 1.165) is 16.9 Å². The predicted octanol–water partition coefficient (Wildman–Crippen LogP) is 5.34. The van der Waals surface area contributed by atoms with Gasteiger partial charge in [0.15, 0.2) is 17.3 Å². The highest BCUT2D eigenvalue weighted by atomic mass is 35.5. The number of rotatable bonds is 9. The summed E-state index contributed by atoms with van der Waals surface area (Å²) < 4.78 is 28.9. The molecule has 1 aromatic heterocycles. The number of fused-ring (bicyclic) bond motifs is 1. The maximum absolute atomic E-state index is 13.4. The number of halogens is 1. The molecule has 10 nitrogen and oxygen atoms in total. The Bertz CT molecular complexity index is 1710. The molecular weight excluding hydrogens is 586 g/mol. The number of carbonyl (C=O) groups is 2. The van der Waals surface area contributed by atoms with Crippen LogP contribution < -0.4 is 28.6 Å². The summed E-state index contributed by atoms with van der Waals surface area (Å²) in [5, 5.41) is 10.2. The molecule has 3 aromatic carbocycles. The second kappa shape index (κ2) is 12.2. The van der Waals surface area contributed by atoms with Gasteiger partial charge in [-0.25, -0.2) is 4.79 Å². The van der Waals surface area contributed by atoms with E-state index in [1.54, 1.807) is 37.3 Å². The Morgan fingerprint density at radius 2 is 1.83 bits per heavy atom. The third kappa shape index (κ3) is 5.93. The summed E-state index contributed by atoms with van der Waals surface area (Å²) in [5.74, 6) is -0.0382. The number of Topliss-reactive ketones (excluding diaryl/α,β-unsaturated/α-hetero) is 1. The van der Waals surface area contributed by atoms with Gasteiger partial charge in [-0.05, 0) is 42.8 Å². The number of ether oxygens (including phenoxy) is 5. The third-order valence-corrected chi connectivity index (χ3v) is 7.73. The van der Waals surface area contributed by atoms with Crippen molar-refractivity contribution < 1.29 is 38.4 Å². The van der Waals surface area contributed by atoms with E-state index in [4.69, 9.17) is 35.3 Å². The van der Waals surface area contributed by atoms with Crippen LogP contribution in [0.15, 0.2) is 53.3 Å². The molecule has 0 amide bonds. The van der Waals surface area contributed by atoms with E-state index in [9.17, 15) is 19.5 Å². The fourth-order valence-electron chi connectivity index (χ4n) is 4.64. The maximum atomic E-state index is 13.4. The van der Waals surface area contributed by atoms with Gasteiger partial charge in [0.2, 0.25) is 17.4 Å². The lowest BCUT2D eigenvalue weighted by atomic mass is 9.94. The highest BCUT2D eigenvalue weighted by Gasteiger charge is 2.36. The van der Waals surface area contributed by atoms with Gasteiger partial charge in [-0.15, -0.1) is 0 Å². The SMILES string of the molecule is COc1c(OC(=O)c2cccc(Cl)c2)c(C)c2c(c1OC)OC(COc1ccc(Cc3sc(=O)[nH]c3O)cc1)CC2=O. The minimum atomic E-state index is -0.678. The number of carbonyl (C=O) groups excluding carboxylic acids is 2. The van der Waals surface area contributed by atoms with Crippen LogP contribution >= 0.6 is 22.9 Å². The van der Waals surface area contributed by atoms with Crippen molar-refractivity contribution in [3.8, 4) is 34.6 Å². The lowest BCUT2D eigenvalue weighted by molar-refractivity contribution is 0.0696. The number of hydrogen-bond acceptors (Lipinski definition) is 10. The molecule has 5 rings (SSSR count). The first-order chi connectivity index (χ1) is 20.2. The molecule has 1 atom stereocenters. The van der Waals surface area contributed by atoms with Crippen molar-refractivity contribution in [2.45, 2.75) is 25.9 Å². The summed E-state index contributed by atoms with van der Waals surface area (Å²) in [5.41, 5.74) is 1.72. The molecule has 42 heavy (non-hydrogen) atoms. The molecule has 1 aliphatic heterocycles. The fraction of sp³-hybridized carbons (Fsp3) is 0.233. The predicted molar refractivity (Wildman–Crippen MR) is 155 cm³/mol. The van der Waals surface area contributed by atoms with E-state index in [2.05, 4.69) is 4.98 Å². The molecule has 12 heteroatoms. The summed E-state index contributed by atoms with van der Waals surface area (Å²) in [4.78, 5) is 40.3. The highest BCUT2D eigenvalue weighted by molar-refractivity contribution is 7.09. The number of methoxy groups -OCH3 is 2. The average molecular weight is 612 g/mol. The second-order valence-corrected chi connectivity index (χ2v) is 10.9. The lowest BCUT2D eigenvalue weighted by Crippen LogP contribution is -2.33. The van der Waals surface area contributed by atoms with Gasteiger partial charge in [0.25, 0.3) is 0 Å². The van der Waals surface area contributed by atoms with Crippen molar-refractivity contribution in [2.24, 2.45) is 0 Å². The Morgan fingerprint density at radius 3 is 2.48 bits per heavy atom. The second-order valence-electron chi connectivity index (χ2n) is 9.41. The number of hydrogen-bond donors (Lipinski definition) is 2. The zero-order valence-corrected chi connectivity index (χ0v) is 24.4. The molecule has 0 aliphatic carbocycles. The van der Waals surface area contributed by atoms with Gasteiger partial charge < -0.3 is 28.8 Å². The zero-order valence-electron chi connectivity index (χ0n) is 22.8. The standard InChI is InChI=1S/C30H26ClNO9S/c1-15-23-21(33)13-20(14-39-19-9-7-16(8-10-19)11-22-28(34)32-30(36)42-22)40-25(23)27(38-3)26(37-2)24(15)41-29(35)17-5-4-6-18(31)12-17/h4-10,12,20,34H,11,13-14H2,1-3H3,(H,32,36). The molecular formula is C30H26ClNO9S. The Labute approximate surface area is 249 Å². The number of ketones is 1. The monoisotopic (exact) mass is 611 g/mol. The molecule has 4 aromatic rings. The van der Waals surface area contributed by atoms with Crippen LogP contribution in [-0.2, 0) is 6.42 Å². The molecule has 0 spiro atoms. The molecule has 0 saturated carbocycles. The van der Waals surface area contributed by atoms with Crippen molar-refractivity contribution in [3.63, 3.8) is 0 Å². The number of esters is 1. The molecule has 2 heterocycles. The molecule has 1 unspecified atom stereocenters. The minimum Gasteiger partial charge on any atom is -0.494 e. The van der Waals surface area contributed by atoms with Gasteiger partial charge in [-0.3, -0.25) is 14.6 Å². The van der Waals surface area contributed by atoms with Crippen molar-refractivity contribution in [1.29, 1.82) is 0 Å². The summed E-state index contributed by atoms with van der Waals surface area (Å²) >= 11 is 6.98. The van der Waals surface area contributed by atoms with Crippen LogP contribution in [0.1, 0.15) is 43.1 Å². The van der Waals surface area contributed by atoms with Crippen molar-refractivity contribution in [1.82, 2.24) is 4.98 Å². The van der Waals surface area contributed by atoms with E-state index < -0.39 is 12.1 Å². The summed E-state index contributed by atoms with van der Waals surface area (Å²) in [6.07, 6.45) is -0.213. The average Bonchev–Trinajstić information content (AvgIpc) is 3.29. The topological polar surface area (TPSA) is 133 Å². The summed E-state index contributed by atoms with van der Waals surface area (Å²) in [6, 6.07) is 13.5. The largest absolute Gasteiger partial charge is 0.494 e. The Hall–Kier alpha value is -4.48. The van der Waals surface area contributed by atoms with E-state index >= 15 is 0 Å². The van der Waals surface area contributed by atoms with Crippen molar-refractivity contribution in [2.75, 3.05) is 20.8 Å². The number of benzene rings is 3. The van der Waals surface area contributed by atoms with Gasteiger partial charge in [0.1, 0.15) is 18.5 Å². The molecule has 2 N–H and O–H groups in total. The van der Waals surface area contributed by atoms with Crippen molar-refractivity contribution >= 4 is 34.7 Å². The first-order valence-corrected chi connectivity index (χ1v) is 14.0. The Morgan fingerprint density at radius 1 is 1.10 bits per heavy atom. The number of aromatic hydroxyl groups is 1. The van der Waals surface area contributed by atoms with Gasteiger partial charge in [0, 0.05) is 17.0 Å². The fourth-order valence-corrected chi connectivity index (χ4v) is 5.59. The summed E-state index contributed by atoms with van der Waals surface area (Å²) in [6.45, 7) is 1.72. The minimum absolute atomic E-state index is 0.0226. The quantitative estimate of drug-likeness (QED) is 0.190. The number of aromatic amines is 1. The lowest BCUT2D eigenvalue weighted by Gasteiger charge is -2.29. The van der Waals surface area contributed by atoms with E-state index in [-0.39, 0.29) is 63.7 Å². The third-order valence-electron chi connectivity index (χ3n) is 6.63. The number of H-pyrrole nitrogens is 1.